The second-order valence-electron chi connectivity index (χ2n) is 4.95. The molecule has 0 fully saturated rings. The van der Waals surface area contributed by atoms with E-state index in [0.717, 1.165) is 11.6 Å². The molecule has 0 saturated heterocycles. The summed E-state index contributed by atoms with van der Waals surface area (Å²) in [5.74, 6) is -1.68. The van der Waals surface area contributed by atoms with Crippen LogP contribution in [0.5, 0.6) is 0 Å². The zero-order valence-electron chi connectivity index (χ0n) is 12.4. The van der Waals surface area contributed by atoms with E-state index in [1.165, 1.54) is 12.1 Å². The standard InChI is InChI=1S/C17H16FNO3/c1-11-3-7-14(8-4-11)19-16(20)10-22-17(21)13-6-5-12(2)15(18)9-13/h3-9H,10H2,1-2H3,(H,19,20). The maximum absolute atomic E-state index is 13.4. The number of ether oxygens (including phenoxy) is 1. The summed E-state index contributed by atoms with van der Waals surface area (Å²) in [5.41, 5.74) is 2.21. The third-order valence-corrected chi connectivity index (χ3v) is 3.08. The van der Waals surface area contributed by atoms with Gasteiger partial charge in [-0.2, -0.15) is 0 Å². The fourth-order valence-electron chi connectivity index (χ4n) is 1.77. The number of benzene rings is 2. The summed E-state index contributed by atoms with van der Waals surface area (Å²) in [5, 5.41) is 2.61. The van der Waals surface area contributed by atoms with Gasteiger partial charge >= 0.3 is 5.97 Å². The predicted molar refractivity (Wildman–Crippen MR) is 81.2 cm³/mol. The second-order valence-corrected chi connectivity index (χ2v) is 4.95. The van der Waals surface area contributed by atoms with Crippen molar-refractivity contribution in [3.63, 3.8) is 0 Å². The number of hydrogen-bond acceptors (Lipinski definition) is 3. The Morgan fingerprint density at radius 3 is 2.41 bits per heavy atom. The summed E-state index contributed by atoms with van der Waals surface area (Å²) in [6.07, 6.45) is 0. The van der Waals surface area contributed by atoms with E-state index in [-0.39, 0.29) is 5.56 Å². The lowest BCUT2D eigenvalue weighted by molar-refractivity contribution is -0.119. The third kappa shape index (κ3) is 4.15. The summed E-state index contributed by atoms with van der Waals surface area (Å²) in [6.45, 7) is 3.11. The Morgan fingerprint density at radius 2 is 1.77 bits per heavy atom. The van der Waals surface area contributed by atoms with Gasteiger partial charge in [-0.3, -0.25) is 4.79 Å². The SMILES string of the molecule is Cc1ccc(NC(=O)COC(=O)c2ccc(C)c(F)c2)cc1. The molecule has 0 radical (unpaired) electrons. The van der Waals surface area contributed by atoms with E-state index < -0.39 is 24.3 Å². The van der Waals surface area contributed by atoms with Crippen molar-refractivity contribution >= 4 is 17.6 Å². The van der Waals surface area contributed by atoms with Crippen molar-refractivity contribution in [1.82, 2.24) is 0 Å². The minimum Gasteiger partial charge on any atom is -0.452 e. The summed E-state index contributed by atoms with van der Waals surface area (Å²) in [4.78, 5) is 23.4. The smallest absolute Gasteiger partial charge is 0.338 e. The lowest BCUT2D eigenvalue weighted by Gasteiger charge is -2.07. The van der Waals surface area contributed by atoms with Crippen molar-refractivity contribution < 1.29 is 18.7 Å². The molecule has 1 amide bonds. The number of aryl methyl sites for hydroxylation is 2. The number of halogens is 1. The topological polar surface area (TPSA) is 55.4 Å². The molecule has 0 saturated carbocycles. The quantitative estimate of drug-likeness (QED) is 0.882. The molecule has 0 aliphatic heterocycles. The minimum atomic E-state index is -0.738. The highest BCUT2D eigenvalue weighted by Crippen LogP contribution is 2.11. The maximum atomic E-state index is 13.4. The monoisotopic (exact) mass is 301 g/mol. The highest BCUT2D eigenvalue weighted by Gasteiger charge is 2.12. The fourth-order valence-corrected chi connectivity index (χ4v) is 1.77. The molecule has 0 bridgehead atoms. The van der Waals surface area contributed by atoms with Crippen LogP contribution < -0.4 is 5.32 Å². The van der Waals surface area contributed by atoms with E-state index >= 15 is 0 Å². The average Bonchev–Trinajstić information content (AvgIpc) is 2.50. The van der Waals surface area contributed by atoms with Gasteiger partial charge < -0.3 is 10.1 Å². The summed E-state index contributed by atoms with van der Waals surface area (Å²) in [7, 11) is 0. The van der Waals surface area contributed by atoms with Crippen LogP contribution in [0, 0.1) is 19.7 Å². The van der Waals surface area contributed by atoms with Gasteiger partial charge in [0.2, 0.25) is 0 Å². The van der Waals surface area contributed by atoms with Crippen molar-refractivity contribution in [3.8, 4) is 0 Å². The van der Waals surface area contributed by atoms with Crippen LogP contribution in [-0.2, 0) is 9.53 Å². The molecule has 0 unspecified atom stereocenters. The van der Waals surface area contributed by atoms with Crippen LogP contribution in [0.3, 0.4) is 0 Å². The lowest BCUT2D eigenvalue weighted by atomic mass is 10.1. The Hall–Kier alpha value is -2.69. The first kappa shape index (κ1) is 15.7. The lowest BCUT2D eigenvalue weighted by Crippen LogP contribution is -2.21. The largest absolute Gasteiger partial charge is 0.452 e. The third-order valence-electron chi connectivity index (χ3n) is 3.08. The van der Waals surface area contributed by atoms with Gasteiger partial charge in [0.25, 0.3) is 5.91 Å². The van der Waals surface area contributed by atoms with Crippen LogP contribution in [0.1, 0.15) is 21.5 Å². The molecule has 4 nitrogen and oxygen atoms in total. The van der Waals surface area contributed by atoms with Gasteiger partial charge in [-0.1, -0.05) is 23.8 Å². The van der Waals surface area contributed by atoms with Crippen LogP contribution in [0.4, 0.5) is 10.1 Å². The van der Waals surface area contributed by atoms with E-state index in [2.05, 4.69) is 5.32 Å². The molecule has 2 rings (SSSR count). The second kappa shape index (κ2) is 6.85. The molecule has 0 atom stereocenters. The number of nitrogens with one attached hydrogen (secondary N) is 1. The predicted octanol–water partition coefficient (Wildman–Crippen LogP) is 3.24. The molecule has 0 heterocycles. The van der Waals surface area contributed by atoms with Crippen molar-refractivity contribution in [2.75, 3.05) is 11.9 Å². The minimum absolute atomic E-state index is 0.0752. The first-order valence-corrected chi connectivity index (χ1v) is 6.75. The summed E-state index contributed by atoms with van der Waals surface area (Å²) >= 11 is 0. The van der Waals surface area contributed by atoms with Crippen LogP contribution >= 0.6 is 0 Å². The number of rotatable bonds is 4. The Balaban J connectivity index is 1.88. The molecule has 1 N–H and O–H groups in total. The van der Waals surface area contributed by atoms with E-state index in [0.29, 0.717) is 11.3 Å². The Bertz CT molecular complexity index is 696. The van der Waals surface area contributed by atoms with Gasteiger partial charge in [0.15, 0.2) is 6.61 Å². The fraction of sp³-hybridized carbons (Fsp3) is 0.176. The number of carbonyl (C=O) groups excluding carboxylic acids is 2. The number of anilines is 1. The number of esters is 1. The molecule has 0 aliphatic rings. The van der Waals surface area contributed by atoms with Crippen molar-refractivity contribution in [3.05, 3.63) is 65.0 Å². The zero-order chi connectivity index (χ0) is 16.1. The molecule has 0 aromatic heterocycles. The Kier molecular flexibility index (Phi) is 4.88. The Labute approximate surface area is 127 Å². The van der Waals surface area contributed by atoms with Gasteiger partial charge in [-0.25, -0.2) is 9.18 Å². The summed E-state index contributed by atoms with van der Waals surface area (Å²) in [6, 6.07) is 11.3. The van der Waals surface area contributed by atoms with Crippen LogP contribution in [0.2, 0.25) is 0 Å². The molecular weight excluding hydrogens is 285 g/mol. The summed E-state index contributed by atoms with van der Waals surface area (Å²) < 4.78 is 18.2. The van der Waals surface area contributed by atoms with Crippen LogP contribution in [0.25, 0.3) is 0 Å². The van der Waals surface area contributed by atoms with E-state index in [1.54, 1.807) is 19.1 Å². The van der Waals surface area contributed by atoms with Gasteiger partial charge in [0.05, 0.1) is 5.56 Å². The molecular formula is C17H16FNO3. The van der Waals surface area contributed by atoms with Crippen molar-refractivity contribution in [1.29, 1.82) is 0 Å². The van der Waals surface area contributed by atoms with E-state index in [1.807, 2.05) is 19.1 Å². The number of amides is 1. The zero-order valence-corrected chi connectivity index (χ0v) is 12.4. The molecule has 2 aromatic rings. The Morgan fingerprint density at radius 1 is 1.09 bits per heavy atom. The van der Waals surface area contributed by atoms with Crippen molar-refractivity contribution in [2.24, 2.45) is 0 Å². The van der Waals surface area contributed by atoms with Crippen LogP contribution in [-0.4, -0.2) is 18.5 Å². The van der Waals surface area contributed by atoms with Crippen molar-refractivity contribution in [2.45, 2.75) is 13.8 Å². The molecule has 2 aromatic carbocycles. The van der Waals surface area contributed by atoms with E-state index in [4.69, 9.17) is 4.74 Å². The highest BCUT2D eigenvalue weighted by molar-refractivity contribution is 5.95. The van der Waals surface area contributed by atoms with E-state index in [9.17, 15) is 14.0 Å². The molecule has 5 heteroatoms. The molecule has 0 aliphatic carbocycles. The number of carbonyl (C=O) groups is 2. The van der Waals surface area contributed by atoms with Crippen LogP contribution in [0.15, 0.2) is 42.5 Å². The highest BCUT2D eigenvalue weighted by atomic mass is 19.1. The maximum Gasteiger partial charge on any atom is 0.338 e. The molecule has 0 spiro atoms. The van der Waals surface area contributed by atoms with Gasteiger partial charge in [0.1, 0.15) is 5.82 Å². The normalized spacial score (nSPS) is 10.1. The first-order valence-electron chi connectivity index (χ1n) is 6.75. The average molecular weight is 301 g/mol. The van der Waals surface area contributed by atoms with Gasteiger partial charge in [-0.05, 0) is 43.7 Å². The molecule has 22 heavy (non-hydrogen) atoms. The molecule has 114 valence electrons. The van der Waals surface area contributed by atoms with Gasteiger partial charge in [-0.15, -0.1) is 0 Å². The van der Waals surface area contributed by atoms with Gasteiger partial charge in [0, 0.05) is 5.69 Å². The first-order chi connectivity index (χ1) is 10.5. The number of hydrogen-bond donors (Lipinski definition) is 1.